The highest BCUT2D eigenvalue weighted by atomic mass is 16.3. The Morgan fingerprint density at radius 3 is 2.53 bits per heavy atom. The van der Waals surface area contributed by atoms with E-state index in [0.717, 1.165) is 24.7 Å². The van der Waals surface area contributed by atoms with E-state index in [2.05, 4.69) is 32.7 Å². The predicted octanol–water partition coefficient (Wildman–Crippen LogP) is 2.86. The van der Waals surface area contributed by atoms with Crippen LogP contribution < -0.4 is 0 Å². The molecule has 0 spiro atoms. The summed E-state index contributed by atoms with van der Waals surface area (Å²) in [4.78, 5) is 2.21. The zero-order valence-corrected chi connectivity index (χ0v) is 10.7. The molecule has 1 saturated carbocycles. The van der Waals surface area contributed by atoms with Crippen molar-refractivity contribution in [1.29, 1.82) is 0 Å². The van der Waals surface area contributed by atoms with Crippen LogP contribution in [0.5, 0.6) is 0 Å². The molecule has 2 heteroatoms. The lowest BCUT2D eigenvalue weighted by Crippen LogP contribution is -2.43. The zero-order chi connectivity index (χ0) is 11.4. The third kappa shape index (κ3) is 3.18. The number of aliphatic hydroxyl groups excluding tert-OH is 1. The van der Waals surface area contributed by atoms with Crippen molar-refractivity contribution in [1.82, 2.24) is 4.90 Å². The van der Waals surface area contributed by atoms with Crippen LogP contribution in [0.3, 0.4) is 0 Å². The van der Waals surface area contributed by atoms with E-state index >= 15 is 0 Å². The molecule has 0 saturated heterocycles. The summed E-state index contributed by atoms with van der Waals surface area (Å²) in [5.74, 6) is 1.52. The van der Waals surface area contributed by atoms with Crippen molar-refractivity contribution < 1.29 is 5.11 Å². The Kier molecular flexibility index (Phi) is 5.07. The molecule has 1 N–H and O–H groups in total. The van der Waals surface area contributed by atoms with E-state index < -0.39 is 0 Å². The molecule has 0 aromatic carbocycles. The van der Waals surface area contributed by atoms with E-state index in [1.165, 1.54) is 19.3 Å². The summed E-state index contributed by atoms with van der Waals surface area (Å²) in [5, 5.41) is 10.0. The topological polar surface area (TPSA) is 23.5 Å². The first-order valence-electron chi connectivity index (χ1n) is 6.48. The molecule has 3 unspecified atom stereocenters. The number of hydrogen-bond acceptors (Lipinski definition) is 2. The normalized spacial score (nSPS) is 29.0. The lowest BCUT2D eigenvalue weighted by atomic mass is 9.90. The zero-order valence-electron chi connectivity index (χ0n) is 10.7. The van der Waals surface area contributed by atoms with Gasteiger partial charge < -0.3 is 5.11 Å². The minimum atomic E-state index is -0.237. The molecule has 3 atom stereocenters. The molecule has 1 aliphatic rings. The van der Waals surface area contributed by atoms with Crippen molar-refractivity contribution in [3.8, 4) is 0 Å². The number of aliphatic hydroxyl groups is 1. The molecule has 15 heavy (non-hydrogen) atoms. The van der Waals surface area contributed by atoms with Crippen LogP contribution in [-0.2, 0) is 0 Å². The average molecular weight is 213 g/mol. The van der Waals surface area contributed by atoms with Gasteiger partial charge in [0, 0.05) is 6.04 Å². The Hall–Kier alpha value is -0.0800. The molecule has 0 aromatic heterocycles. The third-order valence-electron chi connectivity index (χ3n) is 3.93. The Balaban J connectivity index is 2.53. The van der Waals surface area contributed by atoms with E-state index in [1.807, 2.05) is 0 Å². The second-order valence-electron chi connectivity index (χ2n) is 5.34. The highest BCUT2D eigenvalue weighted by molar-refractivity contribution is 4.86. The van der Waals surface area contributed by atoms with Gasteiger partial charge in [0.05, 0.1) is 0 Å². The van der Waals surface area contributed by atoms with Crippen molar-refractivity contribution >= 4 is 0 Å². The van der Waals surface area contributed by atoms with Crippen molar-refractivity contribution in [2.75, 3.05) is 7.05 Å². The van der Waals surface area contributed by atoms with Crippen LogP contribution in [0.2, 0.25) is 0 Å². The molecule has 1 aliphatic carbocycles. The maximum Gasteiger partial charge on any atom is 0.107 e. The van der Waals surface area contributed by atoms with Gasteiger partial charge in [-0.1, -0.05) is 33.6 Å². The van der Waals surface area contributed by atoms with E-state index in [-0.39, 0.29) is 6.23 Å². The van der Waals surface area contributed by atoms with Gasteiger partial charge in [-0.05, 0) is 38.1 Å². The number of nitrogens with zero attached hydrogens (tertiary/aromatic N) is 1. The largest absolute Gasteiger partial charge is 0.378 e. The highest BCUT2D eigenvalue weighted by Gasteiger charge is 2.34. The Morgan fingerprint density at radius 1 is 1.33 bits per heavy atom. The van der Waals surface area contributed by atoms with Crippen LogP contribution in [0, 0.1) is 11.8 Å². The van der Waals surface area contributed by atoms with Gasteiger partial charge in [-0.2, -0.15) is 0 Å². The molecule has 0 bridgehead atoms. The molecular weight excluding hydrogens is 186 g/mol. The monoisotopic (exact) mass is 213 g/mol. The minimum absolute atomic E-state index is 0.237. The molecule has 0 amide bonds. The first-order chi connectivity index (χ1) is 7.07. The second-order valence-corrected chi connectivity index (χ2v) is 5.34. The number of hydrogen-bond donors (Lipinski definition) is 1. The maximum absolute atomic E-state index is 10.0. The Labute approximate surface area is 94.7 Å². The van der Waals surface area contributed by atoms with Gasteiger partial charge in [0.1, 0.15) is 6.23 Å². The Morgan fingerprint density at radius 2 is 2.00 bits per heavy atom. The predicted molar refractivity (Wildman–Crippen MR) is 64.6 cm³/mol. The van der Waals surface area contributed by atoms with Crippen LogP contribution in [0.1, 0.15) is 52.9 Å². The van der Waals surface area contributed by atoms with E-state index in [1.54, 1.807) is 0 Å². The van der Waals surface area contributed by atoms with E-state index in [0.29, 0.717) is 6.04 Å². The van der Waals surface area contributed by atoms with Gasteiger partial charge in [0.15, 0.2) is 0 Å². The Bertz CT molecular complexity index is 181. The smallest absolute Gasteiger partial charge is 0.107 e. The lowest BCUT2D eigenvalue weighted by molar-refractivity contribution is -0.0267. The van der Waals surface area contributed by atoms with Crippen molar-refractivity contribution in [2.24, 2.45) is 11.8 Å². The average Bonchev–Trinajstić information content (AvgIpc) is 2.65. The first-order valence-corrected chi connectivity index (χ1v) is 6.48. The first kappa shape index (κ1) is 13.0. The summed E-state index contributed by atoms with van der Waals surface area (Å²) in [7, 11) is 2.09. The molecule has 1 rings (SSSR count). The van der Waals surface area contributed by atoms with Gasteiger partial charge >= 0.3 is 0 Å². The molecule has 2 nitrogen and oxygen atoms in total. The van der Waals surface area contributed by atoms with Gasteiger partial charge in [0.25, 0.3) is 0 Å². The highest BCUT2D eigenvalue weighted by Crippen LogP contribution is 2.35. The summed E-state index contributed by atoms with van der Waals surface area (Å²) in [6.07, 6.45) is 5.66. The van der Waals surface area contributed by atoms with Crippen LogP contribution in [0.4, 0.5) is 0 Å². The summed E-state index contributed by atoms with van der Waals surface area (Å²) in [6.45, 7) is 6.75. The van der Waals surface area contributed by atoms with Crippen LogP contribution in [-0.4, -0.2) is 29.3 Å². The molecule has 0 aromatic rings. The molecule has 0 radical (unpaired) electrons. The summed E-state index contributed by atoms with van der Waals surface area (Å²) < 4.78 is 0. The van der Waals surface area contributed by atoms with Gasteiger partial charge in [0.2, 0.25) is 0 Å². The van der Waals surface area contributed by atoms with Crippen molar-refractivity contribution in [3.05, 3.63) is 0 Å². The summed E-state index contributed by atoms with van der Waals surface area (Å²) >= 11 is 0. The molecule has 90 valence electrons. The van der Waals surface area contributed by atoms with Gasteiger partial charge in [-0.25, -0.2) is 0 Å². The molecule has 0 heterocycles. The summed E-state index contributed by atoms with van der Waals surface area (Å²) in [5.41, 5.74) is 0. The fourth-order valence-corrected chi connectivity index (χ4v) is 2.94. The van der Waals surface area contributed by atoms with Crippen LogP contribution in [0.25, 0.3) is 0 Å². The van der Waals surface area contributed by atoms with Crippen LogP contribution in [0.15, 0.2) is 0 Å². The fraction of sp³-hybridized carbons (Fsp3) is 1.00. The minimum Gasteiger partial charge on any atom is -0.378 e. The molecular formula is C13H27NO. The molecule has 0 aliphatic heterocycles. The van der Waals surface area contributed by atoms with E-state index in [9.17, 15) is 5.11 Å². The van der Waals surface area contributed by atoms with E-state index in [4.69, 9.17) is 0 Å². The van der Waals surface area contributed by atoms with Crippen LogP contribution >= 0.6 is 0 Å². The maximum atomic E-state index is 10.0. The van der Waals surface area contributed by atoms with Gasteiger partial charge in [-0.15, -0.1) is 0 Å². The fourth-order valence-electron chi connectivity index (χ4n) is 2.94. The van der Waals surface area contributed by atoms with Gasteiger partial charge in [-0.3, -0.25) is 4.90 Å². The standard InChI is InChI=1S/C13H27NO/c1-5-7-13(15)14(4)12-9-6-8-11(12)10(2)3/h10-13,15H,5-9H2,1-4H3. The van der Waals surface area contributed by atoms with Crippen molar-refractivity contribution in [3.63, 3.8) is 0 Å². The molecule has 1 fully saturated rings. The third-order valence-corrected chi connectivity index (χ3v) is 3.93. The number of rotatable bonds is 5. The SMILES string of the molecule is CCCC(O)N(C)C1CCCC1C(C)C. The quantitative estimate of drug-likeness (QED) is 0.710. The second kappa shape index (κ2) is 5.86. The summed E-state index contributed by atoms with van der Waals surface area (Å²) in [6, 6.07) is 0.603. The van der Waals surface area contributed by atoms with Crippen molar-refractivity contribution in [2.45, 2.75) is 65.1 Å². The lowest BCUT2D eigenvalue weighted by Gasteiger charge is -2.35.